The van der Waals surface area contributed by atoms with Gasteiger partial charge in [0.05, 0.1) is 23.8 Å². The number of rotatable bonds is 4. The van der Waals surface area contributed by atoms with Gasteiger partial charge in [-0.25, -0.2) is 4.98 Å². The fourth-order valence-corrected chi connectivity index (χ4v) is 3.86. The minimum atomic E-state index is 0.137. The number of hydrogen-bond acceptors (Lipinski definition) is 3. The van der Waals surface area contributed by atoms with Crippen molar-refractivity contribution in [2.45, 2.75) is 45.6 Å². The molecule has 4 rings (SSSR count). The quantitative estimate of drug-likeness (QED) is 0.834. The van der Waals surface area contributed by atoms with Crippen molar-refractivity contribution in [3.8, 4) is 0 Å². The molecule has 0 atom stereocenters. The molecule has 1 saturated carbocycles. The molecule has 0 radical (unpaired) electrons. The van der Waals surface area contributed by atoms with Gasteiger partial charge in [0, 0.05) is 38.1 Å². The predicted molar refractivity (Wildman–Crippen MR) is 104 cm³/mol. The van der Waals surface area contributed by atoms with Crippen molar-refractivity contribution < 1.29 is 9.59 Å². The van der Waals surface area contributed by atoms with Crippen LogP contribution in [-0.4, -0.2) is 57.3 Å². The fourth-order valence-electron chi connectivity index (χ4n) is 3.86. The Balaban J connectivity index is 1.39. The van der Waals surface area contributed by atoms with Crippen molar-refractivity contribution in [1.82, 2.24) is 19.4 Å². The van der Waals surface area contributed by atoms with Crippen LogP contribution < -0.4 is 0 Å². The highest BCUT2D eigenvalue weighted by molar-refractivity contribution is 5.83. The van der Waals surface area contributed by atoms with Crippen molar-refractivity contribution >= 4 is 22.8 Å². The van der Waals surface area contributed by atoms with Crippen LogP contribution in [0.2, 0.25) is 0 Å². The molecule has 1 aromatic heterocycles. The summed E-state index contributed by atoms with van der Waals surface area (Å²) in [5, 5.41) is 0. The molecule has 2 amide bonds. The first kappa shape index (κ1) is 18.0. The van der Waals surface area contributed by atoms with E-state index in [4.69, 9.17) is 0 Å². The monoisotopic (exact) mass is 368 g/mol. The second-order valence-corrected chi connectivity index (χ2v) is 8.08. The Morgan fingerprint density at radius 2 is 1.85 bits per heavy atom. The number of hydrogen-bond donors (Lipinski definition) is 0. The highest BCUT2D eigenvalue weighted by Gasteiger charge is 2.34. The second-order valence-electron chi connectivity index (χ2n) is 8.08. The molecule has 0 spiro atoms. The Kier molecular flexibility index (Phi) is 4.89. The number of fused-ring (bicyclic) bond motifs is 1. The van der Waals surface area contributed by atoms with Crippen LogP contribution in [0, 0.1) is 5.92 Å². The molecule has 6 nitrogen and oxygen atoms in total. The van der Waals surface area contributed by atoms with Gasteiger partial charge in [0.2, 0.25) is 11.8 Å². The molecule has 0 N–H and O–H groups in total. The van der Waals surface area contributed by atoms with E-state index in [0.717, 1.165) is 48.9 Å². The number of imidazole rings is 1. The van der Waals surface area contributed by atoms with Gasteiger partial charge < -0.3 is 14.4 Å². The van der Waals surface area contributed by atoms with Gasteiger partial charge in [0.1, 0.15) is 0 Å². The number of benzene rings is 1. The largest absolute Gasteiger partial charge is 0.341 e. The first-order valence-corrected chi connectivity index (χ1v) is 10.0. The van der Waals surface area contributed by atoms with Crippen molar-refractivity contribution in [3.05, 3.63) is 30.1 Å². The van der Waals surface area contributed by atoms with Gasteiger partial charge in [-0.15, -0.1) is 0 Å². The third kappa shape index (κ3) is 3.84. The van der Waals surface area contributed by atoms with Crippen LogP contribution in [0.5, 0.6) is 0 Å². The molecule has 0 bridgehead atoms. The number of aromatic nitrogens is 2. The molecular weight excluding hydrogens is 340 g/mol. The summed E-state index contributed by atoms with van der Waals surface area (Å²) in [6.07, 6.45) is 5.18. The maximum atomic E-state index is 12.8. The van der Waals surface area contributed by atoms with E-state index in [9.17, 15) is 9.59 Å². The lowest BCUT2D eigenvalue weighted by Crippen LogP contribution is -2.38. The van der Waals surface area contributed by atoms with Gasteiger partial charge in [-0.3, -0.25) is 9.59 Å². The van der Waals surface area contributed by atoms with Gasteiger partial charge in [0.25, 0.3) is 0 Å². The number of nitrogens with zero attached hydrogens (tertiary/aromatic N) is 4. The van der Waals surface area contributed by atoms with Crippen LogP contribution in [0.3, 0.4) is 0 Å². The Bertz CT molecular complexity index is 853. The fraction of sp³-hybridized carbons (Fsp3) is 0.571. The van der Waals surface area contributed by atoms with Crippen molar-refractivity contribution in [2.24, 2.45) is 5.92 Å². The molecule has 1 aromatic carbocycles. The molecule has 1 aliphatic heterocycles. The topological polar surface area (TPSA) is 58.4 Å². The minimum Gasteiger partial charge on any atom is -0.341 e. The van der Waals surface area contributed by atoms with Gasteiger partial charge in [-0.05, 0) is 50.8 Å². The normalized spacial score (nSPS) is 18.2. The van der Waals surface area contributed by atoms with Crippen molar-refractivity contribution in [2.75, 3.05) is 26.2 Å². The highest BCUT2D eigenvalue weighted by Crippen LogP contribution is 2.31. The summed E-state index contributed by atoms with van der Waals surface area (Å²) in [6, 6.07) is 6.47. The van der Waals surface area contributed by atoms with Crippen LogP contribution in [-0.2, 0) is 16.0 Å². The van der Waals surface area contributed by atoms with Crippen molar-refractivity contribution in [3.63, 3.8) is 0 Å². The van der Waals surface area contributed by atoms with E-state index in [1.165, 1.54) is 0 Å². The van der Waals surface area contributed by atoms with Crippen LogP contribution in [0.15, 0.2) is 24.5 Å². The van der Waals surface area contributed by atoms with Gasteiger partial charge in [-0.2, -0.15) is 0 Å². The minimum absolute atomic E-state index is 0.137. The maximum absolute atomic E-state index is 12.8. The van der Waals surface area contributed by atoms with E-state index in [2.05, 4.69) is 29.5 Å². The zero-order chi connectivity index (χ0) is 19.0. The summed E-state index contributed by atoms with van der Waals surface area (Å²) < 4.78 is 2.14. The van der Waals surface area contributed by atoms with Gasteiger partial charge >= 0.3 is 0 Å². The molecule has 6 heteroatoms. The van der Waals surface area contributed by atoms with Crippen LogP contribution >= 0.6 is 0 Å². The average Bonchev–Trinajstić information content (AvgIpc) is 3.44. The number of carbonyl (C=O) groups excluding carboxylic acids is 2. The molecule has 2 heterocycles. The summed E-state index contributed by atoms with van der Waals surface area (Å²) in [6.45, 7) is 7.08. The summed E-state index contributed by atoms with van der Waals surface area (Å²) in [5.41, 5.74) is 3.04. The summed E-state index contributed by atoms with van der Waals surface area (Å²) in [5.74, 6) is 0.679. The molecule has 1 aliphatic carbocycles. The summed E-state index contributed by atoms with van der Waals surface area (Å²) in [7, 11) is 0. The molecule has 2 fully saturated rings. The van der Waals surface area contributed by atoms with Gasteiger partial charge in [0.15, 0.2) is 0 Å². The van der Waals surface area contributed by atoms with Crippen LogP contribution in [0.4, 0.5) is 0 Å². The van der Waals surface area contributed by atoms with E-state index in [0.29, 0.717) is 25.6 Å². The Labute approximate surface area is 160 Å². The summed E-state index contributed by atoms with van der Waals surface area (Å²) >= 11 is 0. The maximum Gasteiger partial charge on any atom is 0.227 e. The SMILES string of the molecule is CC(C)n1cnc2cc(CC(=O)N3CCCN(C(=O)C4CC4)CC3)ccc21. The molecule has 2 aliphatic rings. The second kappa shape index (κ2) is 7.33. The smallest absolute Gasteiger partial charge is 0.227 e. The van der Waals surface area contributed by atoms with Crippen molar-refractivity contribution in [1.29, 1.82) is 0 Å². The lowest BCUT2D eigenvalue weighted by molar-refractivity contribution is -0.134. The third-order valence-electron chi connectivity index (χ3n) is 5.64. The van der Waals surface area contributed by atoms with E-state index in [-0.39, 0.29) is 17.7 Å². The van der Waals surface area contributed by atoms with Crippen LogP contribution in [0.25, 0.3) is 11.0 Å². The lowest BCUT2D eigenvalue weighted by Gasteiger charge is -2.22. The van der Waals surface area contributed by atoms with Gasteiger partial charge in [-0.1, -0.05) is 6.07 Å². The number of carbonyl (C=O) groups is 2. The van der Waals surface area contributed by atoms with E-state index in [1.54, 1.807) is 0 Å². The third-order valence-corrected chi connectivity index (χ3v) is 5.64. The average molecular weight is 368 g/mol. The Hall–Kier alpha value is -2.37. The van der Waals surface area contributed by atoms with E-state index >= 15 is 0 Å². The van der Waals surface area contributed by atoms with Crippen LogP contribution in [0.1, 0.15) is 44.7 Å². The Morgan fingerprint density at radius 1 is 1.11 bits per heavy atom. The molecule has 2 aromatic rings. The molecule has 0 unspecified atom stereocenters. The first-order valence-electron chi connectivity index (χ1n) is 10.0. The molecule has 144 valence electrons. The van der Waals surface area contributed by atoms with E-state index < -0.39 is 0 Å². The number of amides is 2. The molecular formula is C21H28N4O2. The first-order chi connectivity index (χ1) is 13.0. The lowest BCUT2D eigenvalue weighted by atomic mass is 10.1. The van der Waals surface area contributed by atoms with E-state index in [1.807, 2.05) is 28.3 Å². The predicted octanol–water partition coefficient (Wildman–Crippen LogP) is 2.63. The zero-order valence-electron chi connectivity index (χ0n) is 16.2. The standard InChI is InChI=1S/C21H28N4O2/c1-15(2)25-14-22-18-12-16(4-7-19(18)25)13-20(26)23-8-3-9-24(11-10-23)21(27)17-5-6-17/h4,7,12,14-15,17H,3,5-6,8-11,13H2,1-2H3. The molecule has 1 saturated heterocycles. The highest BCUT2D eigenvalue weighted by atomic mass is 16.2. The molecule has 27 heavy (non-hydrogen) atoms. The Morgan fingerprint density at radius 3 is 2.59 bits per heavy atom. The zero-order valence-corrected chi connectivity index (χ0v) is 16.2. The summed E-state index contributed by atoms with van der Waals surface area (Å²) in [4.78, 5) is 33.4.